The number of rotatable bonds is 8. The van der Waals surface area contributed by atoms with E-state index < -0.39 is 5.82 Å². The predicted octanol–water partition coefficient (Wildman–Crippen LogP) is 5.06. The first-order valence-electron chi connectivity index (χ1n) is 10.1. The molecule has 32 heavy (non-hydrogen) atoms. The molecule has 0 aliphatic carbocycles. The van der Waals surface area contributed by atoms with Crippen LogP contribution in [0.3, 0.4) is 0 Å². The Morgan fingerprint density at radius 1 is 0.938 bits per heavy atom. The lowest BCUT2D eigenvalue weighted by Crippen LogP contribution is -2.15. The number of anilines is 2. The molecule has 0 aliphatic rings. The summed E-state index contributed by atoms with van der Waals surface area (Å²) in [4.78, 5) is 12.4. The van der Waals surface area contributed by atoms with Crippen molar-refractivity contribution in [2.24, 2.45) is 0 Å². The van der Waals surface area contributed by atoms with Crippen molar-refractivity contribution in [2.45, 2.75) is 18.6 Å². The number of carbonyl (C=O) groups is 1. The molecule has 6 nitrogen and oxygen atoms in total. The number of nitrogens with zero attached hydrogens (tertiary/aromatic N) is 3. The van der Waals surface area contributed by atoms with Crippen LogP contribution < -0.4 is 10.6 Å². The summed E-state index contributed by atoms with van der Waals surface area (Å²) in [6.07, 6.45) is 0. The molecule has 0 unspecified atom stereocenters. The number of benzene rings is 3. The highest BCUT2D eigenvalue weighted by molar-refractivity contribution is 7.99. The maximum atomic E-state index is 13.8. The van der Waals surface area contributed by atoms with Gasteiger partial charge in [0.25, 0.3) is 0 Å². The van der Waals surface area contributed by atoms with E-state index in [0.29, 0.717) is 11.7 Å². The fraction of sp³-hybridized carbons (Fsp3) is 0.125. The third-order valence-corrected chi connectivity index (χ3v) is 5.71. The minimum Gasteiger partial charge on any atom is -0.378 e. The van der Waals surface area contributed by atoms with Gasteiger partial charge < -0.3 is 10.6 Å². The van der Waals surface area contributed by atoms with Gasteiger partial charge in [-0.15, -0.1) is 10.2 Å². The predicted molar refractivity (Wildman–Crippen MR) is 126 cm³/mol. The molecule has 0 radical (unpaired) electrons. The number of halogens is 1. The second-order valence-electron chi connectivity index (χ2n) is 7.05. The van der Waals surface area contributed by atoms with Crippen LogP contribution >= 0.6 is 11.8 Å². The fourth-order valence-corrected chi connectivity index (χ4v) is 3.94. The van der Waals surface area contributed by atoms with E-state index in [2.05, 4.69) is 20.8 Å². The molecule has 0 atom stereocenters. The van der Waals surface area contributed by atoms with Crippen molar-refractivity contribution in [1.82, 2.24) is 14.8 Å². The highest BCUT2D eigenvalue weighted by Crippen LogP contribution is 2.24. The second-order valence-corrected chi connectivity index (χ2v) is 8.00. The lowest BCUT2D eigenvalue weighted by Gasteiger charge is -2.12. The van der Waals surface area contributed by atoms with E-state index in [-0.39, 0.29) is 17.3 Å². The summed E-state index contributed by atoms with van der Waals surface area (Å²) >= 11 is 1.25. The van der Waals surface area contributed by atoms with Crippen LogP contribution in [0.4, 0.5) is 15.8 Å². The Balaban J connectivity index is 1.51. The van der Waals surface area contributed by atoms with Crippen LogP contribution in [0.15, 0.2) is 84.0 Å². The van der Waals surface area contributed by atoms with E-state index in [9.17, 15) is 9.18 Å². The summed E-state index contributed by atoms with van der Waals surface area (Å²) in [5.41, 5.74) is 3.22. The van der Waals surface area contributed by atoms with Crippen molar-refractivity contribution in [3.8, 4) is 5.69 Å². The number of hydrogen-bond donors (Lipinski definition) is 2. The third kappa shape index (κ3) is 5.15. The molecule has 1 heterocycles. The molecule has 2 N–H and O–H groups in total. The maximum Gasteiger partial charge on any atom is 0.234 e. The Labute approximate surface area is 189 Å². The Morgan fingerprint density at radius 2 is 1.62 bits per heavy atom. The normalized spacial score (nSPS) is 10.7. The summed E-state index contributed by atoms with van der Waals surface area (Å²) in [5.74, 6) is 0.00600. The largest absolute Gasteiger partial charge is 0.378 e. The highest BCUT2D eigenvalue weighted by Gasteiger charge is 2.16. The molecule has 1 amide bonds. The molecule has 0 saturated carbocycles. The number of nitrogens with one attached hydrogen (secondary N) is 2. The van der Waals surface area contributed by atoms with E-state index in [0.717, 1.165) is 22.8 Å². The number of para-hydroxylation sites is 3. The van der Waals surface area contributed by atoms with E-state index in [4.69, 9.17) is 0 Å². The van der Waals surface area contributed by atoms with Gasteiger partial charge in [-0.25, -0.2) is 4.39 Å². The lowest BCUT2D eigenvalue weighted by atomic mass is 10.2. The summed E-state index contributed by atoms with van der Waals surface area (Å²) in [5, 5.41) is 15.2. The van der Waals surface area contributed by atoms with Crippen molar-refractivity contribution < 1.29 is 9.18 Å². The molecular weight excluding hydrogens is 425 g/mol. The number of amides is 1. The van der Waals surface area contributed by atoms with Gasteiger partial charge in [0.15, 0.2) is 11.0 Å². The van der Waals surface area contributed by atoms with Crippen LogP contribution in [0, 0.1) is 12.7 Å². The van der Waals surface area contributed by atoms with Crippen molar-refractivity contribution in [1.29, 1.82) is 0 Å². The SMILES string of the molecule is Cc1ccccc1NCc1nnc(SCC(=O)Nc2ccccc2F)n1-c1ccccc1. The monoisotopic (exact) mass is 447 g/mol. The van der Waals surface area contributed by atoms with Gasteiger partial charge >= 0.3 is 0 Å². The quantitative estimate of drug-likeness (QED) is 0.370. The Hall–Kier alpha value is -3.65. The zero-order valence-corrected chi connectivity index (χ0v) is 18.3. The molecule has 3 aromatic carbocycles. The van der Waals surface area contributed by atoms with Crippen LogP contribution in [0.5, 0.6) is 0 Å². The standard InChI is InChI=1S/C24H22FN5OS/c1-17-9-5-7-13-20(17)26-15-22-28-29-24(30(22)18-10-3-2-4-11-18)32-16-23(31)27-21-14-8-6-12-19(21)25/h2-14,26H,15-16H2,1H3,(H,27,31). The van der Waals surface area contributed by atoms with Gasteiger partial charge in [-0.3, -0.25) is 9.36 Å². The van der Waals surface area contributed by atoms with Crippen LogP contribution in [-0.4, -0.2) is 26.4 Å². The molecule has 4 rings (SSSR count). The Morgan fingerprint density at radius 3 is 2.38 bits per heavy atom. The van der Waals surface area contributed by atoms with Gasteiger partial charge in [-0.05, 0) is 42.8 Å². The zero-order chi connectivity index (χ0) is 22.3. The van der Waals surface area contributed by atoms with Crippen molar-refractivity contribution in [2.75, 3.05) is 16.4 Å². The molecule has 1 aromatic heterocycles. The number of hydrogen-bond acceptors (Lipinski definition) is 5. The van der Waals surface area contributed by atoms with E-state index >= 15 is 0 Å². The molecular formula is C24H22FN5OS. The summed E-state index contributed by atoms with van der Waals surface area (Å²) < 4.78 is 15.7. The number of thioether (sulfide) groups is 1. The van der Waals surface area contributed by atoms with Crippen LogP contribution in [0.25, 0.3) is 5.69 Å². The molecule has 0 spiro atoms. The Kier molecular flexibility index (Phi) is 6.81. The van der Waals surface area contributed by atoms with Gasteiger partial charge in [0.1, 0.15) is 5.82 Å². The molecule has 0 bridgehead atoms. The van der Waals surface area contributed by atoms with E-state index in [1.807, 2.05) is 66.1 Å². The summed E-state index contributed by atoms with van der Waals surface area (Å²) in [6.45, 7) is 2.51. The van der Waals surface area contributed by atoms with Gasteiger partial charge in [0.05, 0.1) is 18.0 Å². The highest BCUT2D eigenvalue weighted by atomic mass is 32.2. The van der Waals surface area contributed by atoms with Crippen LogP contribution in [-0.2, 0) is 11.3 Å². The van der Waals surface area contributed by atoms with Gasteiger partial charge in [-0.1, -0.05) is 60.3 Å². The van der Waals surface area contributed by atoms with Crippen LogP contribution in [0.1, 0.15) is 11.4 Å². The molecule has 4 aromatic rings. The van der Waals surface area contributed by atoms with Crippen molar-refractivity contribution >= 4 is 29.0 Å². The average molecular weight is 448 g/mol. The van der Waals surface area contributed by atoms with Gasteiger partial charge in [0, 0.05) is 11.4 Å². The topological polar surface area (TPSA) is 71.8 Å². The minimum absolute atomic E-state index is 0.0739. The van der Waals surface area contributed by atoms with Crippen molar-refractivity contribution in [3.05, 3.63) is 96.1 Å². The minimum atomic E-state index is -0.470. The zero-order valence-electron chi connectivity index (χ0n) is 17.5. The average Bonchev–Trinajstić information content (AvgIpc) is 3.22. The first-order valence-corrected chi connectivity index (χ1v) is 11.1. The van der Waals surface area contributed by atoms with Gasteiger partial charge in [-0.2, -0.15) is 0 Å². The lowest BCUT2D eigenvalue weighted by molar-refractivity contribution is -0.113. The second kappa shape index (κ2) is 10.1. The smallest absolute Gasteiger partial charge is 0.234 e. The number of carbonyl (C=O) groups excluding carboxylic acids is 1. The third-order valence-electron chi connectivity index (χ3n) is 4.78. The van der Waals surface area contributed by atoms with Crippen molar-refractivity contribution in [3.63, 3.8) is 0 Å². The summed E-state index contributed by atoms with van der Waals surface area (Å²) in [7, 11) is 0. The van der Waals surface area contributed by atoms with Crippen LogP contribution in [0.2, 0.25) is 0 Å². The Bertz CT molecular complexity index is 1210. The number of aromatic nitrogens is 3. The molecule has 0 fully saturated rings. The van der Waals surface area contributed by atoms with Gasteiger partial charge in [0.2, 0.25) is 5.91 Å². The molecule has 0 saturated heterocycles. The molecule has 0 aliphatic heterocycles. The molecule has 8 heteroatoms. The molecule has 162 valence electrons. The number of aryl methyl sites for hydroxylation is 1. The summed E-state index contributed by atoms with van der Waals surface area (Å²) in [6, 6.07) is 23.9. The fourth-order valence-electron chi connectivity index (χ4n) is 3.17. The first kappa shape index (κ1) is 21.6. The first-order chi connectivity index (χ1) is 15.6. The maximum absolute atomic E-state index is 13.8. The van der Waals surface area contributed by atoms with E-state index in [1.165, 1.54) is 23.9 Å². The van der Waals surface area contributed by atoms with E-state index in [1.54, 1.807) is 12.1 Å².